The molecule has 0 bridgehead atoms. The van der Waals surface area contributed by atoms with E-state index in [9.17, 15) is 0 Å². The summed E-state index contributed by atoms with van der Waals surface area (Å²) >= 11 is 0. The lowest BCUT2D eigenvalue weighted by molar-refractivity contribution is 0.0689. The van der Waals surface area contributed by atoms with Crippen LogP contribution in [-0.4, -0.2) is 46.0 Å². The first kappa shape index (κ1) is 19.3. The first-order chi connectivity index (χ1) is 7.81. The second-order valence-corrected chi connectivity index (χ2v) is 3.51. The molecule has 0 aliphatic heterocycles. The van der Waals surface area contributed by atoms with Gasteiger partial charge in [-0.3, -0.25) is 4.99 Å². The number of aliphatic imine (C=N–C) groups is 1. The molecule has 0 fully saturated rings. The third-order valence-corrected chi connectivity index (χ3v) is 1.96. The van der Waals surface area contributed by atoms with Gasteiger partial charge in [-0.2, -0.15) is 0 Å². The van der Waals surface area contributed by atoms with Gasteiger partial charge in [0.2, 0.25) is 0 Å². The molecule has 104 valence electrons. The Morgan fingerprint density at radius 1 is 1.24 bits per heavy atom. The molecule has 0 saturated carbocycles. The quantitative estimate of drug-likeness (QED) is 0.268. The molecule has 3 N–H and O–H groups in total. The third kappa shape index (κ3) is 15.9. The molecule has 0 aromatic rings. The Kier molecular flexibility index (Phi) is 18.0. The molecule has 0 aliphatic rings. The molecule has 0 radical (unpaired) electrons. The number of unbranched alkanes of at least 4 members (excludes halogenated alkanes) is 1. The molecule has 0 rings (SSSR count). The van der Waals surface area contributed by atoms with Crippen LogP contribution in [0.25, 0.3) is 0 Å². The van der Waals surface area contributed by atoms with Gasteiger partial charge < -0.3 is 20.5 Å². The van der Waals surface area contributed by atoms with Gasteiger partial charge in [-0.15, -0.1) is 24.0 Å². The number of rotatable bonds is 10. The number of halogens is 1. The van der Waals surface area contributed by atoms with Crippen LogP contribution < -0.4 is 11.1 Å². The fourth-order valence-electron chi connectivity index (χ4n) is 1.08. The first-order valence-corrected chi connectivity index (χ1v) is 5.91. The summed E-state index contributed by atoms with van der Waals surface area (Å²) < 4.78 is 10.2. The van der Waals surface area contributed by atoms with E-state index in [1.165, 1.54) is 0 Å². The van der Waals surface area contributed by atoms with Crippen molar-refractivity contribution in [3.05, 3.63) is 0 Å². The lowest BCUT2D eigenvalue weighted by Gasteiger charge is -2.06. The van der Waals surface area contributed by atoms with Gasteiger partial charge in [-0.25, -0.2) is 0 Å². The molecule has 6 heteroatoms. The van der Waals surface area contributed by atoms with Crippen LogP contribution in [0.1, 0.15) is 26.2 Å². The highest BCUT2D eigenvalue weighted by Crippen LogP contribution is 1.88. The summed E-state index contributed by atoms with van der Waals surface area (Å²) in [6.45, 7) is 5.83. The van der Waals surface area contributed by atoms with E-state index in [2.05, 4.69) is 17.2 Å². The number of nitrogens with zero attached hydrogens (tertiary/aromatic N) is 1. The van der Waals surface area contributed by atoms with Crippen LogP contribution in [0.3, 0.4) is 0 Å². The molecule has 5 nitrogen and oxygen atoms in total. The molecule has 0 aromatic heterocycles. The van der Waals surface area contributed by atoms with E-state index in [1.807, 2.05) is 0 Å². The molecular formula is C11H26IN3O2. The smallest absolute Gasteiger partial charge is 0.188 e. The molecule has 0 spiro atoms. The van der Waals surface area contributed by atoms with Gasteiger partial charge in [0.15, 0.2) is 5.96 Å². The molecule has 0 heterocycles. The molecule has 0 aliphatic carbocycles. The molecule has 0 aromatic carbocycles. The fourth-order valence-corrected chi connectivity index (χ4v) is 1.08. The number of guanidine groups is 1. The summed E-state index contributed by atoms with van der Waals surface area (Å²) in [7, 11) is 1.67. The van der Waals surface area contributed by atoms with Crippen molar-refractivity contribution in [1.29, 1.82) is 0 Å². The minimum absolute atomic E-state index is 0. The zero-order chi connectivity index (χ0) is 12.1. The lowest BCUT2D eigenvalue weighted by Crippen LogP contribution is -2.32. The highest BCUT2D eigenvalue weighted by molar-refractivity contribution is 14.0. The molecule has 0 atom stereocenters. The van der Waals surface area contributed by atoms with Crippen LogP contribution in [-0.2, 0) is 9.47 Å². The summed E-state index contributed by atoms with van der Waals surface area (Å²) in [5.41, 5.74) is 5.63. The highest BCUT2D eigenvalue weighted by atomic mass is 127. The minimum atomic E-state index is 0. The van der Waals surface area contributed by atoms with Crippen molar-refractivity contribution in [2.75, 3.05) is 40.0 Å². The van der Waals surface area contributed by atoms with Crippen molar-refractivity contribution < 1.29 is 9.47 Å². The van der Waals surface area contributed by atoms with Gasteiger partial charge in [0.1, 0.15) is 0 Å². The standard InChI is InChI=1S/C11H25N3O2.HI/c1-3-6-13-11(12)14-7-4-5-8-16-10-9-15-2;/h3-10H2,1-2H3,(H3,12,13,14);1H. The summed E-state index contributed by atoms with van der Waals surface area (Å²) in [5.74, 6) is 0.544. The normalized spacial score (nSPS) is 11.1. The fraction of sp³-hybridized carbons (Fsp3) is 0.909. The van der Waals surface area contributed by atoms with E-state index in [4.69, 9.17) is 15.2 Å². The van der Waals surface area contributed by atoms with Crippen LogP contribution >= 0.6 is 24.0 Å². The summed E-state index contributed by atoms with van der Waals surface area (Å²) in [6, 6.07) is 0. The van der Waals surface area contributed by atoms with Gasteiger partial charge >= 0.3 is 0 Å². The van der Waals surface area contributed by atoms with Crippen LogP contribution in [0.5, 0.6) is 0 Å². The predicted molar refractivity (Wildman–Crippen MR) is 82.1 cm³/mol. The Balaban J connectivity index is 0. The number of nitrogens with one attached hydrogen (secondary N) is 1. The maximum Gasteiger partial charge on any atom is 0.188 e. The molecule has 0 unspecified atom stereocenters. The first-order valence-electron chi connectivity index (χ1n) is 5.91. The van der Waals surface area contributed by atoms with Gasteiger partial charge in [-0.05, 0) is 19.3 Å². The van der Waals surface area contributed by atoms with E-state index >= 15 is 0 Å². The van der Waals surface area contributed by atoms with Crippen molar-refractivity contribution >= 4 is 29.9 Å². The Morgan fingerprint density at radius 2 is 2.00 bits per heavy atom. The number of nitrogens with two attached hydrogens (primary N) is 1. The van der Waals surface area contributed by atoms with Crippen LogP contribution in [0.15, 0.2) is 4.99 Å². The number of ether oxygens (including phenoxy) is 2. The van der Waals surface area contributed by atoms with E-state index in [-0.39, 0.29) is 24.0 Å². The zero-order valence-corrected chi connectivity index (χ0v) is 13.2. The highest BCUT2D eigenvalue weighted by Gasteiger charge is 1.92. The van der Waals surface area contributed by atoms with Crippen molar-refractivity contribution in [1.82, 2.24) is 5.32 Å². The largest absolute Gasteiger partial charge is 0.382 e. The molecule has 0 amide bonds. The second-order valence-electron chi connectivity index (χ2n) is 3.51. The monoisotopic (exact) mass is 359 g/mol. The second kappa shape index (κ2) is 15.9. The Hall–Kier alpha value is -0.0800. The van der Waals surface area contributed by atoms with Crippen LogP contribution in [0.4, 0.5) is 0 Å². The minimum Gasteiger partial charge on any atom is -0.382 e. The topological polar surface area (TPSA) is 68.9 Å². The molecular weight excluding hydrogens is 333 g/mol. The van der Waals surface area contributed by atoms with Crippen molar-refractivity contribution in [2.24, 2.45) is 10.7 Å². The molecule has 17 heavy (non-hydrogen) atoms. The predicted octanol–water partition coefficient (Wildman–Crippen LogP) is 1.36. The molecule has 0 saturated heterocycles. The number of hydrogen-bond acceptors (Lipinski definition) is 3. The maximum absolute atomic E-state index is 5.63. The van der Waals surface area contributed by atoms with E-state index in [0.29, 0.717) is 19.2 Å². The number of hydrogen-bond donors (Lipinski definition) is 2. The van der Waals surface area contributed by atoms with Gasteiger partial charge in [0.25, 0.3) is 0 Å². The Morgan fingerprint density at radius 3 is 2.65 bits per heavy atom. The van der Waals surface area contributed by atoms with Crippen molar-refractivity contribution in [3.8, 4) is 0 Å². The van der Waals surface area contributed by atoms with Crippen LogP contribution in [0, 0.1) is 0 Å². The van der Waals surface area contributed by atoms with E-state index in [1.54, 1.807) is 7.11 Å². The SMILES string of the molecule is CCCN=C(N)NCCCCOCCOC.I. The van der Waals surface area contributed by atoms with Crippen molar-refractivity contribution in [3.63, 3.8) is 0 Å². The van der Waals surface area contributed by atoms with E-state index < -0.39 is 0 Å². The van der Waals surface area contributed by atoms with Gasteiger partial charge in [-0.1, -0.05) is 6.92 Å². The van der Waals surface area contributed by atoms with Gasteiger partial charge in [0.05, 0.1) is 13.2 Å². The maximum atomic E-state index is 5.63. The number of methoxy groups -OCH3 is 1. The van der Waals surface area contributed by atoms with Crippen molar-refractivity contribution in [2.45, 2.75) is 26.2 Å². The van der Waals surface area contributed by atoms with E-state index in [0.717, 1.165) is 39.0 Å². The summed E-state index contributed by atoms with van der Waals surface area (Å²) in [4.78, 5) is 4.14. The summed E-state index contributed by atoms with van der Waals surface area (Å²) in [6.07, 6.45) is 3.09. The summed E-state index contributed by atoms with van der Waals surface area (Å²) in [5, 5.41) is 3.07. The van der Waals surface area contributed by atoms with Gasteiger partial charge in [0, 0.05) is 26.8 Å². The average Bonchev–Trinajstić information content (AvgIpc) is 2.30. The Bertz CT molecular complexity index is 180. The van der Waals surface area contributed by atoms with Crippen LogP contribution in [0.2, 0.25) is 0 Å². The third-order valence-electron chi connectivity index (χ3n) is 1.96. The Labute approximate surface area is 122 Å². The lowest BCUT2D eigenvalue weighted by atomic mass is 10.3. The average molecular weight is 359 g/mol. The zero-order valence-electron chi connectivity index (χ0n) is 10.9.